The molecule has 0 amide bonds. The Bertz CT molecular complexity index is 493. The molecule has 3 nitrogen and oxygen atoms in total. The van der Waals surface area contributed by atoms with Crippen LogP contribution in [-0.2, 0) is 13.1 Å². The fourth-order valence-corrected chi connectivity index (χ4v) is 1.83. The minimum Gasteiger partial charge on any atom is -0.355 e. The standard InChI is InChI=1S/C14H16ClN3/c1-18(10-11-2-5-13(15)6-3-11)14-7-4-12(8-16)9-17-14/h2-7,9H,8,10,16H2,1H3. The van der Waals surface area contributed by atoms with Gasteiger partial charge in [0.2, 0.25) is 0 Å². The van der Waals surface area contributed by atoms with Crippen molar-refractivity contribution in [2.45, 2.75) is 13.1 Å². The number of anilines is 1. The number of nitrogens with zero attached hydrogens (tertiary/aromatic N) is 2. The van der Waals surface area contributed by atoms with Gasteiger partial charge < -0.3 is 10.6 Å². The highest BCUT2D eigenvalue weighted by Crippen LogP contribution is 2.15. The number of rotatable bonds is 4. The summed E-state index contributed by atoms with van der Waals surface area (Å²) >= 11 is 5.86. The molecule has 2 aromatic rings. The van der Waals surface area contributed by atoms with Gasteiger partial charge in [-0.15, -0.1) is 0 Å². The summed E-state index contributed by atoms with van der Waals surface area (Å²) in [5, 5.41) is 0.756. The van der Waals surface area contributed by atoms with E-state index in [0.29, 0.717) is 6.54 Å². The van der Waals surface area contributed by atoms with Gasteiger partial charge in [0, 0.05) is 31.4 Å². The summed E-state index contributed by atoms with van der Waals surface area (Å²) in [6, 6.07) is 11.8. The molecule has 1 heterocycles. The van der Waals surface area contributed by atoms with Crippen molar-refractivity contribution >= 4 is 17.4 Å². The van der Waals surface area contributed by atoms with Gasteiger partial charge in [0.05, 0.1) is 0 Å². The predicted octanol–water partition coefficient (Wildman–Crippen LogP) is 2.83. The van der Waals surface area contributed by atoms with Gasteiger partial charge in [-0.25, -0.2) is 4.98 Å². The quantitative estimate of drug-likeness (QED) is 0.920. The lowest BCUT2D eigenvalue weighted by Crippen LogP contribution is -2.17. The molecule has 1 aromatic heterocycles. The SMILES string of the molecule is CN(Cc1ccc(Cl)cc1)c1ccc(CN)cn1. The third-order valence-corrected chi connectivity index (χ3v) is 3.02. The molecule has 0 saturated heterocycles. The first kappa shape index (κ1) is 12.9. The minimum absolute atomic E-state index is 0.522. The zero-order chi connectivity index (χ0) is 13.0. The molecule has 0 bridgehead atoms. The molecule has 0 aliphatic heterocycles. The highest BCUT2D eigenvalue weighted by atomic mass is 35.5. The van der Waals surface area contributed by atoms with Crippen LogP contribution in [0.4, 0.5) is 5.82 Å². The van der Waals surface area contributed by atoms with Gasteiger partial charge >= 0.3 is 0 Å². The van der Waals surface area contributed by atoms with Crippen LogP contribution >= 0.6 is 11.6 Å². The van der Waals surface area contributed by atoms with Crippen molar-refractivity contribution in [1.29, 1.82) is 0 Å². The van der Waals surface area contributed by atoms with Crippen molar-refractivity contribution in [1.82, 2.24) is 4.98 Å². The Morgan fingerprint density at radius 2 is 1.78 bits per heavy atom. The van der Waals surface area contributed by atoms with Crippen LogP contribution in [0.25, 0.3) is 0 Å². The maximum Gasteiger partial charge on any atom is 0.128 e. The fourth-order valence-electron chi connectivity index (χ4n) is 1.71. The number of pyridine rings is 1. The van der Waals surface area contributed by atoms with E-state index in [1.54, 1.807) is 0 Å². The Hall–Kier alpha value is -1.58. The monoisotopic (exact) mass is 261 g/mol. The van der Waals surface area contributed by atoms with Crippen molar-refractivity contribution in [3.63, 3.8) is 0 Å². The van der Waals surface area contributed by atoms with E-state index in [2.05, 4.69) is 9.88 Å². The molecule has 0 unspecified atom stereocenters. The second-order valence-corrected chi connectivity index (χ2v) is 4.65. The first-order chi connectivity index (χ1) is 8.69. The van der Waals surface area contributed by atoms with Crippen LogP contribution in [0.3, 0.4) is 0 Å². The molecule has 94 valence electrons. The van der Waals surface area contributed by atoms with E-state index in [1.807, 2.05) is 49.6 Å². The topological polar surface area (TPSA) is 42.1 Å². The number of nitrogens with two attached hydrogens (primary N) is 1. The molecule has 2 N–H and O–H groups in total. The zero-order valence-corrected chi connectivity index (χ0v) is 11.1. The lowest BCUT2D eigenvalue weighted by Gasteiger charge is -2.18. The fraction of sp³-hybridized carbons (Fsp3) is 0.214. The summed E-state index contributed by atoms with van der Waals surface area (Å²) in [6.07, 6.45) is 1.81. The van der Waals surface area contributed by atoms with E-state index >= 15 is 0 Å². The molecular weight excluding hydrogens is 246 g/mol. The van der Waals surface area contributed by atoms with Crippen molar-refractivity contribution in [2.24, 2.45) is 5.73 Å². The van der Waals surface area contributed by atoms with Crippen LogP contribution < -0.4 is 10.6 Å². The van der Waals surface area contributed by atoms with Crippen LogP contribution in [0.15, 0.2) is 42.6 Å². The maximum absolute atomic E-state index is 5.86. The third-order valence-electron chi connectivity index (χ3n) is 2.77. The van der Waals surface area contributed by atoms with Gasteiger partial charge in [-0.3, -0.25) is 0 Å². The summed E-state index contributed by atoms with van der Waals surface area (Å²) in [5.41, 5.74) is 7.79. The highest BCUT2D eigenvalue weighted by molar-refractivity contribution is 6.30. The number of halogens is 1. The van der Waals surface area contributed by atoms with Crippen molar-refractivity contribution in [3.8, 4) is 0 Å². The van der Waals surface area contributed by atoms with Crippen molar-refractivity contribution in [2.75, 3.05) is 11.9 Å². The summed E-state index contributed by atoms with van der Waals surface area (Å²) in [4.78, 5) is 6.47. The molecule has 2 rings (SSSR count). The van der Waals surface area contributed by atoms with E-state index in [4.69, 9.17) is 17.3 Å². The first-order valence-corrected chi connectivity index (χ1v) is 6.17. The van der Waals surface area contributed by atoms with Gasteiger partial charge in [0.15, 0.2) is 0 Å². The number of benzene rings is 1. The maximum atomic E-state index is 5.86. The third kappa shape index (κ3) is 3.22. The molecule has 0 radical (unpaired) electrons. The lowest BCUT2D eigenvalue weighted by molar-refractivity contribution is 0.893. The van der Waals surface area contributed by atoms with Gasteiger partial charge in [0.25, 0.3) is 0 Å². The number of hydrogen-bond acceptors (Lipinski definition) is 3. The Morgan fingerprint density at radius 1 is 1.11 bits per heavy atom. The summed E-state index contributed by atoms with van der Waals surface area (Å²) in [5.74, 6) is 0.933. The second-order valence-electron chi connectivity index (χ2n) is 4.21. The smallest absolute Gasteiger partial charge is 0.128 e. The van der Waals surface area contributed by atoms with Gasteiger partial charge in [-0.2, -0.15) is 0 Å². The van der Waals surface area contributed by atoms with Crippen molar-refractivity contribution < 1.29 is 0 Å². The first-order valence-electron chi connectivity index (χ1n) is 5.79. The van der Waals surface area contributed by atoms with Crippen molar-refractivity contribution in [3.05, 3.63) is 58.7 Å². The van der Waals surface area contributed by atoms with Gasteiger partial charge in [0.1, 0.15) is 5.82 Å². The number of aromatic nitrogens is 1. The van der Waals surface area contributed by atoms with E-state index in [1.165, 1.54) is 5.56 Å². The minimum atomic E-state index is 0.522. The zero-order valence-electron chi connectivity index (χ0n) is 10.3. The predicted molar refractivity (Wildman–Crippen MR) is 75.7 cm³/mol. The van der Waals surface area contributed by atoms with Crippen LogP contribution in [-0.4, -0.2) is 12.0 Å². The molecule has 0 fully saturated rings. The van der Waals surface area contributed by atoms with Gasteiger partial charge in [-0.1, -0.05) is 29.8 Å². The molecule has 0 atom stereocenters. The Morgan fingerprint density at radius 3 is 2.33 bits per heavy atom. The summed E-state index contributed by atoms with van der Waals surface area (Å²) in [7, 11) is 2.01. The lowest BCUT2D eigenvalue weighted by atomic mass is 10.2. The van der Waals surface area contributed by atoms with E-state index in [9.17, 15) is 0 Å². The van der Waals surface area contributed by atoms with Crippen LogP contribution in [0.1, 0.15) is 11.1 Å². The largest absolute Gasteiger partial charge is 0.355 e. The molecule has 0 aliphatic carbocycles. The molecule has 0 saturated carbocycles. The van der Waals surface area contributed by atoms with Crippen LogP contribution in [0.2, 0.25) is 5.02 Å². The second kappa shape index (κ2) is 5.85. The molecule has 1 aromatic carbocycles. The summed E-state index contributed by atoms with van der Waals surface area (Å²) in [6.45, 7) is 1.32. The van der Waals surface area contributed by atoms with E-state index < -0.39 is 0 Å². The molecular formula is C14H16ClN3. The molecule has 18 heavy (non-hydrogen) atoms. The Kier molecular flexibility index (Phi) is 4.18. The average Bonchev–Trinajstić information content (AvgIpc) is 2.41. The van der Waals surface area contributed by atoms with Crippen LogP contribution in [0.5, 0.6) is 0 Å². The summed E-state index contributed by atoms with van der Waals surface area (Å²) < 4.78 is 0. The Balaban J connectivity index is 2.06. The molecule has 0 spiro atoms. The Labute approximate surface area is 112 Å². The molecule has 4 heteroatoms. The van der Waals surface area contributed by atoms with Crippen LogP contribution in [0, 0.1) is 0 Å². The van der Waals surface area contributed by atoms with E-state index in [-0.39, 0.29) is 0 Å². The average molecular weight is 262 g/mol. The van der Waals surface area contributed by atoms with E-state index in [0.717, 1.165) is 22.9 Å². The molecule has 0 aliphatic rings. The number of hydrogen-bond donors (Lipinski definition) is 1. The highest BCUT2D eigenvalue weighted by Gasteiger charge is 2.03. The normalized spacial score (nSPS) is 10.4. The van der Waals surface area contributed by atoms with Gasteiger partial charge in [-0.05, 0) is 29.3 Å².